The fourth-order valence-corrected chi connectivity index (χ4v) is 3.11. The number of hydrogen-bond acceptors (Lipinski definition) is 4. The van der Waals surface area contributed by atoms with E-state index in [1.54, 1.807) is 11.3 Å². The number of thiazole rings is 1. The molecule has 0 atom stereocenters. The third-order valence-corrected chi connectivity index (χ3v) is 4.45. The average molecular weight is 305 g/mol. The predicted molar refractivity (Wildman–Crippen MR) is 94.0 cm³/mol. The average Bonchev–Trinajstić information content (AvgIpc) is 2.96. The van der Waals surface area contributed by atoms with Crippen LogP contribution < -0.4 is 4.90 Å². The van der Waals surface area contributed by atoms with Gasteiger partial charge in [-0.15, -0.1) is 11.3 Å². The van der Waals surface area contributed by atoms with Crippen LogP contribution in [-0.2, 0) is 0 Å². The van der Waals surface area contributed by atoms with Crippen molar-refractivity contribution in [1.82, 2.24) is 4.98 Å². The quantitative estimate of drug-likeness (QED) is 0.720. The van der Waals surface area contributed by atoms with Gasteiger partial charge < -0.3 is 4.90 Å². The smallest absolute Gasteiger partial charge is 0.117 e. The van der Waals surface area contributed by atoms with Gasteiger partial charge >= 0.3 is 0 Å². The third-order valence-electron chi connectivity index (χ3n) is 3.38. The van der Waals surface area contributed by atoms with Crippen molar-refractivity contribution in [3.8, 4) is 6.07 Å². The lowest BCUT2D eigenvalue weighted by molar-refractivity contribution is 1.13. The number of anilines is 1. The zero-order valence-electron chi connectivity index (χ0n) is 12.4. The van der Waals surface area contributed by atoms with Gasteiger partial charge in [-0.05, 0) is 35.9 Å². The summed E-state index contributed by atoms with van der Waals surface area (Å²) in [5.41, 5.74) is 3.87. The number of fused-ring (bicyclic) bond motifs is 1. The summed E-state index contributed by atoms with van der Waals surface area (Å²) >= 11 is 1.55. The monoisotopic (exact) mass is 305 g/mol. The fourth-order valence-electron chi connectivity index (χ4n) is 2.18. The first-order valence-corrected chi connectivity index (χ1v) is 7.74. The maximum atomic E-state index is 9.13. The van der Waals surface area contributed by atoms with Crippen LogP contribution in [0.5, 0.6) is 0 Å². The highest BCUT2D eigenvalue weighted by atomic mass is 32.1. The van der Waals surface area contributed by atoms with Crippen LogP contribution in [0.15, 0.2) is 42.5 Å². The Morgan fingerprint density at radius 2 is 1.86 bits per heavy atom. The molecular weight excluding hydrogens is 290 g/mol. The van der Waals surface area contributed by atoms with Gasteiger partial charge in [-0.1, -0.05) is 24.3 Å². The molecule has 0 aliphatic heterocycles. The maximum absolute atomic E-state index is 9.13. The van der Waals surface area contributed by atoms with E-state index in [0.29, 0.717) is 5.56 Å². The fraction of sp³-hybridized carbons (Fsp3) is 0.111. The molecule has 0 bridgehead atoms. The Labute approximate surface area is 133 Å². The molecule has 1 aromatic heterocycles. The molecular formula is C18H15N3S. The molecule has 2 aromatic carbocycles. The Morgan fingerprint density at radius 1 is 1.09 bits per heavy atom. The molecule has 0 aliphatic carbocycles. The summed E-state index contributed by atoms with van der Waals surface area (Å²) in [6.45, 7) is 0. The van der Waals surface area contributed by atoms with Crippen LogP contribution in [0.3, 0.4) is 0 Å². The molecule has 4 heteroatoms. The first-order valence-electron chi connectivity index (χ1n) is 6.92. The van der Waals surface area contributed by atoms with Crippen LogP contribution >= 0.6 is 11.3 Å². The van der Waals surface area contributed by atoms with Gasteiger partial charge in [-0.25, -0.2) is 4.98 Å². The lowest BCUT2D eigenvalue weighted by atomic mass is 10.2. The highest BCUT2D eigenvalue weighted by Gasteiger charge is 2.05. The van der Waals surface area contributed by atoms with Gasteiger partial charge in [0.05, 0.1) is 15.8 Å². The van der Waals surface area contributed by atoms with E-state index in [2.05, 4.69) is 40.2 Å². The van der Waals surface area contributed by atoms with Gasteiger partial charge in [-0.2, -0.15) is 5.26 Å². The summed E-state index contributed by atoms with van der Waals surface area (Å²) in [5.74, 6) is 0. The van der Waals surface area contributed by atoms with Crippen LogP contribution in [-0.4, -0.2) is 19.1 Å². The number of aromatic nitrogens is 1. The van der Waals surface area contributed by atoms with Crippen molar-refractivity contribution >= 4 is 39.4 Å². The topological polar surface area (TPSA) is 39.9 Å². The minimum Gasteiger partial charge on any atom is -0.378 e. The molecule has 0 spiro atoms. The Kier molecular flexibility index (Phi) is 3.90. The van der Waals surface area contributed by atoms with Crippen LogP contribution in [0, 0.1) is 11.3 Å². The molecule has 0 unspecified atom stereocenters. The predicted octanol–water partition coefficient (Wildman–Crippen LogP) is 4.40. The molecule has 0 aliphatic rings. The van der Waals surface area contributed by atoms with Crippen LogP contribution in [0.2, 0.25) is 0 Å². The Hall–Kier alpha value is -2.64. The second kappa shape index (κ2) is 6.00. The van der Waals surface area contributed by atoms with Crippen molar-refractivity contribution in [3.63, 3.8) is 0 Å². The second-order valence-electron chi connectivity index (χ2n) is 5.14. The third kappa shape index (κ3) is 2.85. The molecule has 108 valence electrons. The van der Waals surface area contributed by atoms with Crippen LogP contribution in [0.1, 0.15) is 16.1 Å². The summed E-state index contributed by atoms with van der Waals surface area (Å²) in [4.78, 5) is 6.63. The molecule has 0 fully saturated rings. The summed E-state index contributed by atoms with van der Waals surface area (Å²) in [5, 5.41) is 10.0. The van der Waals surface area contributed by atoms with E-state index < -0.39 is 0 Å². The molecule has 22 heavy (non-hydrogen) atoms. The molecule has 1 heterocycles. The zero-order valence-corrected chi connectivity index (χ0v) is 13.3. The van der Waals surface area contributed by atoms with Crippen molar-refractivity contribution in [2.75, 3.05) is 19.0 Å². The maximum Gasteiger partial charge on any atom is 0.117 e. The number of rotatable bonds is 3. The van der Waals surface area contributed by atoms with Gasteiger partial charge in [0.25, 0.3) is 0 Å². The Morgan fingerprint density at radius 3 is 2.55 bits per heavy atom. The molecule has 0 N–H and O–H groups in total. The van der Waals surface area contributed by atoms with E-state index in [0.717, 1.165) is 20.8 Å². The summed E-state index contributed by atoms with van der Waals surface area (Å²) in [6.07, 6.45) is 4.04. The van der Waals surface area contributed by atoms with E-state index in [1.165, 1.54) is 5.69 Å². The Balaban J connectivity index is 1.88. The van der Waals surface area contributed by atoms with Crippen LogP contribution in [0.25, 0.3) is 22.4 Å². The Bertz CT molecular complexity index is 867. The van der Waals surface area contributed by atoms with Gasteiger partial charge in [0.1, 0.15) is 11.1 Å². The molecule has 3 nitrogen and oxygen atoms in total. The summed E-state index contributed by atoms with van der Waals surface area (Å²) in [6, 6.07) is 16.2. The minimum atomic E-state index is 0.685. The van der Waals surface area contributed by atoms with Crippen molar-refractivity contribution in [3.05, 3.63) is 58.6 Å². The molecule has 3 aromatic rings. The standard InChI is InChI=1S/C18H15N3S/c1-21(2)15-9-6-13(7-10-15)8-11-17-20-16-5-3-4-14(12-19)18(16)22-17/h3-11H,1-2H3. The van der Waals surface area contributed by atoms with Gasteiger partial charge in [0, 0.05) is 19.8 Å². The summed E-state index contributed by atoms with van der Waals surface area (Å²) in [7, 11) is 4.05. The van der Waals surface area contributed by atoms with E-state index in [1.807, 2.05) is 44.4 Å². The van der Waals surface area contributed by atoms with Crippen molar-refractivity contribution in [2.24, 2.45) is 0 Å². The number of nitriles is 1. The summed E-state index contributed by atoms with van der Waals surface area (Å²) < 4.78 is 0.951. The first kappa shape index (κ1) is 14.3. The molecule has 0 saturated heterocycles. The normalized spacial score (nSPS) is 11.0. The SMILES string of the molecule is CN(C)c1ccc(C=Cc2nc3cccc(C#N)c3s2)cc1. The lowest BCUT2D eigenvalue weighted by Gasteiger charge is -2.11. The van der Waals surface area contributed by atoms with E-state index >= 15 is 0 Å². The largest absolute Gasteiger partial charge is 0.378 e. The molecule has 0 amide bonds. The van der Waals surface area contributed by atoms with Crippen molar-refractivity contribution < 1.29 is 0 Å². The van der Waals surface area contributed by atoms with Crippen LogP contribution in [0.4, 0.5) is 5.69 Å². The lowest BCUT2D eigenvalue weighted by Crippen LogP contribution is -2.07. The van der Waals surface area contributed by atoms with Gasteiger partial charge in [-0.3, -0.25) is 0 Å². The highest BCUT2D eigenvalue weighted by Crippen LogP contribution is 2.26. The molecule has 0 saturated carbocycles. The minimum absolute atomic E-state index is 0.685. The van der Waals surface area contributed by atoms with Gasteiger partial charge in [0.2, 0.25) is 0 Å². The first-order chi connectivity index (χ1) is 10.7. The van der Waals surface area contributed by atoms with Gasteiger partial charge in [0.15, 0.2) is 0 Å². The van der Waals surface area contributed by atoms with E-state index in [-0.39, 0.29) is 0 Å². The molecule has 0 radical (unpaired) electrons. The van der Waals surface area contributed by atoms with Crippen molar-refractivity contribution in [1.29, 1.82) is 5.26 Å². The van der Waals surface area contributed by atoms with Crippen molar-refractivity contribution in [2.45, 2.75) is 0 Å². The molecule has 3 rings (SSSR count). The zero-order chi connectivity index (χ0) is 15.5. The van der Waals surface area contributed by atoms with E-state index in [4.69, 9.17) is 5.26 Å². The highest BCUT2D eigenvalue weighted by molar-refractivity contribution is 7.19. The number of hydrogen-bond donors (Lipinski definition) is 0. The second-order valence-corrected chi connectivity index (χ2v) is 6.17. The number of nitrogens with zero attached hydrogens (tertiary/aromatic N) is 3. The van der Waals surface area contributed by atoms with E-state index in [9.17, 15) is 0 Å². The number of benzene rings is 2.